The van der Waals surface area contributed by atoms with E-state index in [4.69, 9.17) is 9.47 Å². The molecule has 142 valence electrons. The number of amides is 1. The van der Waals surface area contributed by atoms with Crippen molar-refractivity contribution in [3.05, 3.63) is 60.2 Å². The summed E-state index contributed by atoms with van der Waals surface area (Å²) in [4.78, 5) is 36.3. The Morgan fingerprint density at radius 2 is 1.63 bits per heavy atom. The third kappa shape index (κ3) is 5.67. The van der Waals surface area contributed by atoms with Gasteiger partial charge in [0.05, 0.1) is 5.69 Å². The van der Waals surface area contributed by atoms with E-state index in [0.29, 0.717) is 23.4 Å². The van der Waals surface area contributed by atoms with Crippen LogP contribution in [0.3, 0.4) is 0 Å². The number of para-hydroxylation sites is 2. The number of rotatable bonds is 8. The lowest BCUT2D eigenvalue weighted by Gasteiger charge is -2.20. The molecule has 0 fully saturated rings. The van der Waals surface area contributed by atoms with Gasteiger partial charge in [0.2, 0.25) is 0 Å². The second-order valence-electron chi connectivity index (χ2n) is 6.00. The van der Waals surface area contributed by atoms with Gasteiger partial charge in [-0.2, -0.15) is 0 Å². The van der Waals surface area contributed by atoms with E-state index in [0.717, 1.165) is 0 Å². The van der Waals surface area contributed by atoms with Crippen LogP contribution in [0.4, 0.5) is 5.69 Å². The zero-order chi connectivity index (χ0) is 19.8. The van der Waals surface area contributed by atoms with Crippen molar-refractivity contribution in [2.75, 3.05) is 5.32 Å². The van der Waals surface area contributed by atoms with Gasteiger partial charge >= 0.3 is 5.97 Å². The standard InChI is InChI=1S/C21H23NO5/c1-4-19(27-16-10-6-5-7-11-16)21(25)26-15(3)20(24)22-18-13-9-8-12-17(18)14(2)23/h5-13,15,19H,4H2,1-3H3,(H,22,24)/t15-,19+/m0/s1. The summed E-state index contributed by atoms with van der Waals surface area (Å²) in [7, 11) is 0. The molecule has 0 bridgehead atoms. The Morgan fingerprint density at radius 1 is 1.00 bits per heavy atom. The Bertz CT molecular complexity index is 803. The molecule has 0 aliphatic carbocycles. The molecule has 6 nitrogen and oxygen atoms in total. The topological polar surface area (TPSA) is 81.7 Å². The highest BCUT2D eigenvalue weighted by Crippen LogP contribution is 2.17. The first-order chi connectivity index (χ1) is 12.9. The van der Waals surface area contributed by atoms with Crippen molar-refractivity contribution in [1.82, 2.24) is 0 Å². The van der Waals surface area contributed by atoms with E-state index < -0.39 is 24.1 Å². The number of nitrogens with one attached hydrogen (secondary N) is 1. The van der Waals surface area contributed by atoms with Crippen LogP contribution >= 0.6 is 0 Å². The Kier molecular flexibility index (Phi) is 7.11. The van der Waals surface area contributed by atoms with E-state index in [9.17, 15) is 14.4 Å². The quantitative estimate of drug-likeness (QED) is 0.568. The maximum Gasteiger partial charge on any atom is 0.348 e. The van der Waals surface area contributed by atoms with E-state index in [2.05, 4.69) is 5.32 Å². The fraction of sp³-hybridized carbons (Fsp3) is 0.286. The second kappa shape index (κ2) is 9.52. The molecule has 2 rings (SSSR count). The number of benzene rings is 2. The lowest BCUT2D eigenvalue weighted by Crippen LogP contribution is -2.36. The summed E-state index contributed by atoms with van der Waals surface area (Å²) in [6, 6.07) is 15.6. The van der Waals surface area contributed by atoms with Crippen LogP contribution in [0.1, 0.15) is 37.6 Å². The van der Waals surface area contributed by atoms with Crippen molar-refractivity contribution >= 4 is 23.3 Å². The van der Waals surface area contributed by atoms with Crippen molar-refractivity contribution in [1.29, 1.82) is 0 Å². The molecule has 27 heavy (non-hydrogen) atoms. The number of Topliss-reactive ketones (excluding diaryl/α,β-unsaturated/α-hetero) is 1. The molecule has 0 saturated carbocycles. The summed E-state index contributed by atoms with van der Waals surface area (Å²) in [5.41, 5.74) is 0.772. The molecule has 0 saturated heterocycles. The zero-order valence-corrected chi connectivity index (χ0v) is 15.6. The smallest absolute Gasteiger partial charge is 0.348 e. The van der Waals surface area contributed by atoms with Gasteiger partial charge in [-0.05, 0) is 44.5 Å². The first-order valence-corrected chi connectivity index (χ1v) is 8.75. The number of ketones is 1. The van der Waals surface area contributed by atoms with Gasteiger partial charge in [-0.1, -0.05) is 37.3 Å². The van der Waals surface area contributed by atoms with E-state index >= 15 is 0 Å². The molecule has 2 aromatic carbocycles. The maximum atomic E-state index is 12.4. The number of carbonyl (C=O) groups is 3. The van der Waals surface area contributed by atoms with Crippen LogP contribution in [0, 0.1) is 0 Å². The summed E-state index contributed by atoms with van der Waals surface area (Å²) < 4.78 is 10.9. The molecule has 1 amide bonds. The van der Waals surface area contributed by atoms with Crippen LogP contribution in [-0.4, -0.2) is 29.9 Å². The minimum Gasteiger partial charge on any atom is -0.479 e. The second-order valence-corrected chi connectivity index (χ2v) is 6.00. The van der Waals surface area contributed by atoms with E-state index in [-0.39, 0.29) is 5.78 Å². The molecule has 2 atom stereocenters. The molecule has 2 aromatic rings. The lowest BCUT2D eigenvalue weighted by molar-refractivity contribution is -0.160. The molecular weight excluding hydrogens is 346 g/mol. The molecule has 0 aliphatic heterocycles. The number of hydrogen-bond acceptors (Lipinski definition) is 5. The molecule has 1 N–H and O–H groups in total. The average molecular weight is 369 g/mol. The summed E-state index contributed by atoms with van der Waals surface area (Å²) in [6.07, 6.45) is -1.45. The fourth-order valence-corrected chi connectivity index (χ4v) is 2.40. The van der Waals surface area contributed by atoms with E-state index in [1.54, 1.807) is 55.5 Å². The molecule has 0 spiro atoms. The van der Waals surface area contributed by atoms with Gasteiger partial charge in [0.15, 0.2) is 18.0 Å². The molecule has 0 unspecified atom stereocenters. The first kappa shape index (κ1) is 20.2. The van der Waals surface area contributed by atoms with Gasteiger partial charge in [0.25, 0.3) is 5.91 Å². The largest absolute Gasteiger partial charge is 0.479 e. The van der Waals surface area contributed by atoms with Gasteiger partial charge in [-0.3, -0.25) is 9.59 Å². The Balaban J connectivity index is 1.98. The van der Waals surface area contributed by atoms with Crippen LogP contribution in [0.15, 0.2) is 54.6 Å². The van der Waals surface area contributed by atoms with Crippen LogP contribution in [0.5, 0.6) is 5.75 Å². The summed E-state index contributed by atoms with van der Waals surface area (Å²) in [6.45, 7) is 4.68. The van der Waals surface area contributed by atoms with Gasteiger partial charge < -0.3 is 14.8 Å². The zero-order valence-electron chi connectivity index (χ0n) is 15.6. The Hall–Kier alpha value is -3.15. The van der Waals surface area contributed by atoms with Crippen molar-refractivity contribution < 1.29 is 23.9 Å². The summed E-state index contributed by atoms with van der Waals surface area (Å²) >= 11 is 0. The van der Waals surface area contributed by atoms with Crippen LogP contribution in [-0.2, 0) is 14.3 Å². The maximum absolute atomic E-state index is 12.4. The van der Waals surface area contributed by atoms with Crippen molar-refractivity contribution in [3.8, 4) is 5.75 Å². The number of carbonyl (C=O) groups excluding carboxylic acids is 3. The van der Waals surface area contributed by atoms with Gasteiger partial charge in [-0.15, -0.1) is 0 Å². The van der Waals surface area contributed by atoms with Gasteiger partial charge in [0.1, 0.15) is 5.75 Å². The van der Waals surface area contributed by atoms with Crippen molar-refractivity contribution in [2.45, 2.75) is 39.4 Å². The molecule has 0 aliphatic rings. The fourth-order valence-electron chi connectivity index (χ4n) is 2.40. The number of hydrogen-bond donors (Lipinski definition) is 1. The minimum atomic E-state index is -1.04. The highest BCUT2D eigenvalue weighted by atomic mass is 16.6. The predicted molar refractivity (Wildman–Crippen MR) is 102 cm³/mol. The highest BCUT2D eigenvalue weighted by Gasteiger charge is 2.26. The average Bonchev–Trinajstić information content (AvgIpc) is 2.66. The van der Waals surface area contributed by atoms with E-state index in [1.165, 1.54) is 13.8 Å². The van der Waals surface area contributed by atoms with Crippen LogP contribution < -0.4 is 10.1 Å². The van der Waals surface area contributed by atoms with Crippen LogP contribution in [0.2, 0.25) is 0 Å². The molecule has 0 heterocycles. The number of ether oxygens (including phenoxy) is 2. The number of esters is 1. The number of anilines is 1. The SMILES string of the molecule is CC[C@@H](Oc1ccccc1)C(=O)O[C@@H](C)C(=O)Nc1ccccc1C(C)=O. The van der Waals surface area contributed by atoms with Gasteiger partial charge in [0, 0.05) is 5.56 Å². The molecule has 0 radical (unpaired) electrons. The molecule has 0 aromatic heterocycles. The Morgan fingerprint density at radius 3 is 2.26 bits per heavy atom. The summed E-state index contributed by atoms with van der Waals surface area (Å²) in [5.74, 6) is -0.762. The minimum absolute atomic E-state index is 0.169. The van der Waals surface area contributed by atoms with Crippen molar-refractivity contribution in [2.24, 2.45) is 0 Å². The summed E-state index contributed by atoms with van der Waals surface area (Å²) in [5, 5.41) is 2.63. The normalized spacial score (nSPS) is 12.6. The van der Waals surface area contributed by atoms with E-state index in [1.807, 2.05) is 6.07 Å². The van der Waals surface area contributed by atoms with Crippen LogP contribution in [0.25, 0.3) is 0 Å². The first-order valence-electron chi connectivity index (χ1n) is 8.75. The third-order valence-corrected chi connectivity index (χ3v) is 3.88. The van der Waals surface area contributed by atoms with Gasteiger partial charge in [-0.25, -0.2) is 4.79 Å². The van der Waals surface area contributed by atoms with Crippen molar-refractivity contribution in [3.63, 3.8) is 0 Å². The molecular formula is C21H23NO5. The molecule has 6 heteroatoms. The third-order valence-electron chi connectivity index (χ3n) is 3.88. The Labute approximate surface area is 158 Å². The monoisotopic (exact) mass is 369 g/mol. The predicted octanol–water partition coefficient (Wildman–Crippen LogP) is 3.62. The lowest BCUT2D eigenvalue weighted by atomic mass is 10.1. The highest BCUT2D eigenvalue weighted by molar-refractivity contribution is 6.04.